The van der Waals surface area contributed by atoms with E-state index in [2.05, 4.69) is 22.4 Å². The summed E-state index contributed by atoms with van der Waals surface area (Å²) in [5.41, 5.74) is 1.14. The van der Waals surface area contributed by atoms with Crippen LogP contribution in [-0.4, -0.2) is 39.6 Å². The Bertz CT molecular complexity index is 718. The topological polar surface area (TPSA) is 58.1 Å². The summed E-state index contributed by atoms with van der Waals surface area (Å²) in [4.78, 5) is 14.6. The van der Waals surface area contributed by atoms with Crippen molar-refractivity contribution in [3.05, 3.63) is 39.9 Å². The van der Waals surface area contributed by atoms with Crippen molar-refractivity contribution >= 4 is 34.0 Å². The van der Waals surface area contributed by atoms with E-state index in [-0.39, 0.29) is 11.9 Å². The number of anilines is 1. The highest BCUT2D eigenvalue weighted by atomic mass is 35.5. The summed E-state index contributed by atoms with van der Waals surface area (Å²) in [6.07, 6.45) is 4.09. The van der Waals surface area contributed by atoms with Crippen molar-refractivity contribution < 1.29 is 4.79 Å². The molecule has 0 saturated carbocycles. The van der Waals surface area contributed by atoms with Crippen molar-refractivity contribution in [1.29, 1.82) is 0 Å². The van der Waals surface area contributed by atoms with Crippen molar-refractivity contribution in [2.24, 2.45) is 0 Å². The van der Waals surface area contributed by atoms with Gasteiger partial charge in [-0.05, 0) is 50.8 Å². The number of benzene rings is 1. The number of hydrogen-bond acceptors (Lipinski definition) is 5. The fourth-order valence-corrected chi connectivity index (χ4v) is 4.07. The van der Waals surface area contributed by atoms with Gasteiger partial charge in [0.05, 0.1) is 0 Å². The van der Waals surface area contributed by atoms with Gasteiger partial charge in [0.2, 0.25) is 11.0 Å². The second-order valence-corrected chi connectivity index (χ2v) is 8.05. The van der Waals surface area contributed by atoms with Crippen LogP contribution in [0.3, 0.4) is 0 Å². The van der Waals surface area contributed by atoms with Crippen LogP contribution in [0.15, 0.2) is 24.3 Å². The molecule has 1 aliphatic heterocycles. The Morgan fingerprint density at radius 1 is 1.36 bits per heavy atom. The highest BCUT2D eigenvalue weighted by Crippen LogP contribution is 2.22. The molecule has 25 heavy (non-hydrogen) atoms. The molecule has 0 aliphatic carbocycles. The highest BCUT2D eigenvalue weighted by Gasteiger charge is 2.27. The number of piperidine rings is 1. The Kier molecular flexibility index (Phi) is 5.91. The van der Waals surface area contributed by atoms with Gasteiger partial charge in [-0.15, -0.1) is 10.2 Å². The minimum absolute atomic E-state index is 0.140. The van der Waals surface area contributed by atoms with E-state index in [1.807, 2.05) is 36.1 Å². The number of halogens is 1. The fraction of sp³-hybridized carbons (Fsp3) is 0.500. The number of rotatable bonds is 5. The van der Waals surface area contributed by atoms with E-state index >= 15 is 0 Å². The minimum Gasteiger partial charge on any atom is -0.349 e. The zero-order chi connectivity index (χ0) is 17.8. The van der Waals surface area contributed by atoms with Crippen LogP contribution in [0.25, 0.3) is 0 Å². The molecule has 0 bridgehead atoms. The summed E-state index contributed by atoms with van der Waals surface area (Å²) < 4.78 is 0. The molecule has 0 spiro atoms. The number of carbonyl (C=O) groups is 1. The van der Waals surface area contributed by atoms with Gasteiger partial charge in [0.1, 0.15) is 11.0 Å². The Morgan fingerprint density at radius 2 is 2.12 bits per heavy atom. The van der Waals surface area contributed by atoms with Crippen molar-refractivity contribution in [1.82, 2.24) is 15.1 Å². The Labute approximate surface area is 157 Å². The highest BCUT2D eigenvalue weighted by molar-refractivity contribution is 7.15. The van der Waals surface area contributed by atoms with Crippen LogP contribution in [0.1, 0.15) is 43.7 Å². The first kappa shape index (κ1) is 18.1. The molecule has 1 fully saturated rings. The lowest BCUT2D eigenvalue weighted by Gasteiger charge is -2.35. The number of carbonyl (C=O) groups excluding carboxylic acids is 1. The van der Waals surface area contributed by atoms with Crippen molar-refractivity contribution in [3.63, 3.8) is 0 Å². The normalized spacial score (nSPS) is 18.8. The number of nitrogens with zero attached hydrogens (tertiary/aromatic N) is 3. The van der Waals surface area contributed by atoms with Crippen LogP contribution in [0.2, 0.25) is 5.02 Å². The van der Waals surface area contributed by atoms with Gasteiger partial charge in [0.15, 0.2) is 0 Å². The molecule has 2 unspecified atom stereocenters. The number of amides is 1. The molecule has 1 aromatic carbocycles. The number of aromatic nitrogens is 2. The standard InChI is InChI=1S/C18H23ClN4OS/c1-12-5-3-4-10-23(12)17(24)13(2)20-18-22-21-16(25-18)11-14-6-8-15(19)9-7-14/h6-9,12-13H,3-5,10-11H2,1-2H3,(H,20,22). The smallest absolute Gasteiger partial charge is 0.245 e. The van der Waals surface area contributed by atoms with E-state index < -0.39 is 0 Å². The first-order chi connectivity index (χ1) is 12.0. The largest absolute Gasteiger partial charge is 0.349 e. The lowest BCUT2D eigenvalue weighted by Crippen LogP contribution is -2.48. The SMILES string of the molecule is CC(Nc1nnc(Cc2ccc(Cl)cc2)s1)C(=O)N1CCCCC1C. The van der Waals surface area contributed by atoms with Gasteiger partial charge in [-0.3, -0.25) is 4.79 Å². The molecule has 2 aromatic rings. The zero-order valence-electron chi connectivity index (χ0n) is 14.5. The van der Waals surface area contributed by atoms with Gasteiger partial charge in [-0.25, -0.2) is 0 Å². The summed E-state index contributed by atoms with van der Waals surface area (Å²) in [5.74, 6) is 0.140. The second-order valence-electron chi connectivity index (χ2n) is 6.55. The summed E-state index contributed by atoms with van der Waals surface area (Å²) in [5, 5.41) is 13.9. The predicted octanol–water partition coefficient (Wildman–Crippen LogP) is 3.98. The van der Waals surface area contributed by atoms with Gasteiger partial charge >= 0.3 is 0 Å². The molecule has 5 nitrogen and oxygen atoms in total. The molecule has 2 atom stereocenters. The van der Waals surface area contributed by atoms with Crippen LogP contribution >= 0.6 is 22.9 Å². The van der Waals surface area contributed by atoms with Crippen molar-refractivity contribution in [2.45, 2.75) is 51.6 Å². The first-order valence-electron chi connectivity index (χ1n) is 8.67. The maximum Gasteiger partial charge on any atom is 0.245 e. The summed E-state index contributed by atoms with van der Waals surface area (Å²) in [6.45, 7) is 4.87. The van der Waals surface area contributed by atoms with Crippen molar-refractivity contribution in [2.75, 3.05) is 11.9 Å². The number of hydrogen-bond donors (Lipinski definition) is 1. The number of likely N-dealkylation sites (tertiary alicyclic amines) is 1. The number of nitrogens with one attached hydrogen (secondary N) is 1. The third-order valence-electron chi connectivity index (χ3n) is 4.53. The minimum atomic E-state index is -0.295. The third kappa shape index (κ3) is 4.70. The van der Waals surface area contributed by atoms with Crippen LogP contribution in [0.4, 0.5) is 5.13 Å². The first-order valence-corrected chi connectivity index (χ1v) is 9.86. The predicted molar refractivity (Wildman–Crippen MR) is 102 cm³/mol. The lowest BCUT2D eigenvalue weighted by molar-refractivity contribution is -0.134. The van der Waals surface area contributed by atoms with Gasteiger partial charge in [-0.1, -0.05) is 35.1 Å². The van der Waals surface area contributed by atoms with Crippen LogP contribution in [0, 0.1) is 0 Å². The molecule has 1 aliphatic rings. The van der Waals surface area contributed by atoms with Crippen LogP contribution < -0.4 is 5.32 Å². The molecule has 1 aromatic heterocycles. The molecule has 0 radical (unpaired) electrons. The molecule has 7 heteroatoms. The summed E-state index contributed by atoms with van der Waals surface area (Å²) >= 11 is 7.40. The molecule has 2 heterocycles. The molecular weight excluding hydrogens is 356 g/mol. The van der Waals surface area contributed by atoms with Crippen LogP contribution in [0.5, 0.6) is 0 Å². The average molecular weight is 379 g/mol. The third-order valence-corrected chi connectivity index (χ3v) is 5.64. The van der Waals surface area contributed by atoms with Gasteiger partial charge < -0.3 is 10.2 Å². The fourth-order valence-electron chi connectivity index (χ4n) is 3.08. The Hall–Kier alpha value is -1.66. The van der Waals surface area contributed by atoms with E-state index in [0.717, 1.165) is 35.0 Å². The monoisotopic (exact) mass is 378 g/mol. The lowest BCUT2D eigenvalue weighted by atomic mass is 10.0. The van der Waals surface area contributed by atoms with E-state index in [1.165, 1.54) is 17.8 Å². The quantitative estimate of drug-likeness (QED) is 0.854. The van der Waals surface area contributed by atoms with E-state index in [1.54, 1.807) is 0 Å². The maximum atomic E-state index is 12.6. The average Bonchev–Trinajstić information content (AvgIpc) is 3.03. The van der Waals surface area contributed by atoms with E-state index in [0.29, 0.717) is 17.6 Å². The second kappa shape index (κ2) is 8.15. The molecule has 1 saturated heterocycles. The van der Waals surface area contributed by atoms with Gasteiger partial charge in [-0.2, -0.15) is 0 Å². The molecule has 1 N–H and O–H groups in total. The van der Waals surface area contributed by atoms with Crippen molar-refractivity contribution in [3.8, 4) is 0 Å². The zero-order valence-corrected chi connectivity index (χ0v) is 16.1. The van der Waals surface area contributed by atoms with E-state index in [4.69, 9.17) is 11.6 Å². The van der Waals surface area contributed by atoms with Crippen LogP contribution in [-0.2, 0) is 11.2 Å². The van der Waals surface area contributed by atoms with Gasteiger partial charge in [0.25, 0.3) is 0 Å². The molecule has 1 amide bonds. The van der Waals surface area contributed by atoms with Gasteiger partial charge in [0, 0.05) is 24.0 Å². The Morgan fingerprint density at radius 3 is 2.84 bits per heavy atom. The summed E-state index contributed by atoms with van der Waals surface area (Å²) in [6, 6.07) is 7.74. The van der Waals surface area contributed by atoms with E-state index in [9.17, 15) is 4.79 Å². The molecule has 3 rings (SSSR count). The molecule has 134 valence electrons. The Balaban J connectivity index is 1.58. The maximum absolute atomic E-state index is 12.6. The molecular formula is C18H23ClN4OS. The summed E-state index contributed by atoms with van der Waals surface area (Å²) in [7, 11) is 0.